The SMILES string of the molecule is COc1ccc(Cl)cc1NC(=O)C(O)[C@H](N)CC1CCCCC1. The molecule has 1 unspecified atom stereocenters. The summed E-state index contributed by atoms with van der Waals surface area (Å²) < 4.78 is 5.18. The molecule has 128 valence electrons. The van der Waals surface area contributed by atoms with E-state index in [0.717, 1.165) is 12.8 Å². The van der Waals surface area contributed by atoms with Crippen molar-refractivity contribution in [2.45, 2.75) is 50.7 Å². The normalized spacial score (nSPS) is 18.3. The van der Waals surface area contributed by atoms with Crippen molar-refractivity contribution in [1.29, 1.82) is 0 Å². The van der Waals surface area contributed by atoms with E-state index in [1.807, 2.05) is 0 Å². The minimum Gasteiger partial charge on any atom is -0.495 e. The second kappa shape index (κ2) is 8.52. The maximum Gasteiger partial charge on any atom is 0.254 e. The zero-order chi connectivity index (χ0) is 16.8. The van der Waals surface area contributed by atoms with Crippen LogP contribution in [0.1, 0.15) is 38.5 Å². The highest BCUT2D eigenvalue weighted by Crippen LogP contribution is 2.29. The number of carbonyl (C=O) groups is 1. The van der Waals surface area contributed by atoms with Gasteiger partial charge in [-0.3, -0.25) is 4.79 Å². The summed E-state index contributed by atoms with van der Waals surface area (Å²) >= 11 is 5.93. The lowest BCUT2D eigenvalue weighted by molar-refractivity contribution is -0.125. The molecule has 2 rings (SSSR count). The second-order valence-corrected chi connectivity index (χ2v) is 6.62. The average Bonchev–Trinajstić information content (AvgIpc) is 2.55. The van der Waals surface area contributed by atoms with Gasteiger partial charge in [0, 0.05) is 11.1 Å². The predicted molar refractivity (Wildman–Crippen MR) is 91.8 cm³/mol. The van der Waals surface area contributed by atoms with Crippen molar-refractivity contribution in [2.75, 3.05) is 12.4 Å². The molecule has 1 aliphatic carbocycles. The number of hydrogen-bond donors (Lipinski definition) is 3. The van der Waals surface area contributed by atoms with E-state index in [1.165, 1.54) is 26.4 Å². The highest BCUT2D eigenvalue weighted by molar-refractivity contribution is 6.31. The Morgan fingerprint density at radius 3 is 2.78 bits per heavy atom. The van der Waals surface area contributed by atoms with Crippen LogP contribution in [0.15, 0.2) is 18.2 Å². The molecule has 1 saturated carbocycles. The number of amides is 1. The van der Waals surface area contributed by atoms with E-state index < -0.39 is 18.1 Å². The maximum atomic E-state index is 12.2. The van der Waals surface area contributed by atoms with Gasteiger partial charge < -0.3 is 20.9 Å². The molecule has 1 fully saturated rings. The van der Waals surface area contributed by atoms with Gasteiger partial charge in [0.25, 0.3) is 5.91 Å². The number of aliphatic hydroxyl groups is 1. The lowest BCUT2D eigenvalue weighted by atomic mass is 9.84. The van der Waals surface area contributed by atoms with Crippen LogP contribution in [0.3, 0.4) is 0 Å². The minimum absolute atomic E-state index is 0.425. The topological polar surface area (TPSA) is 84.6 Å². The maximum absolute atomic E-state index is 12.2. The third-order valence-corrected chi connectivity index (χ3v) is 4.66. The van der Waals surface area contributed by atoms with E-state index in [-0.39, 0.29) is 0 Å². The van der Waals surface area contributed by atoms with Gasteiger partial charge >= 0.3 is 0 Å². The van der Waals surface area contributed by atoms with Crippen LogP contribution in [0.2, 0.25) is 5.02 Å². The molecule has 0 aromatic heterocycles. The van der Waals surface area contributed by atoms with Crippen LogP contribution in [0.5, 0.6) is 5.75 Å². The molecule has 0 spiro atoms. The van der Waals surface area contributed by atoms with Crippen molar-refractivity contribution in [2.24, 2.45) is 11.7 Å². The summed E-state index contributed by atoms with van der Waals surface area (Å²) in [5, 5.41) is 13.3. The molecule has 0 aliphatic heterocycles. The molecule has 0 saturated heterocycles. The Balaban J connectivity index is 1.95. The summed E-state index contributed by atoms with van der Waals surface area (Å²) in [6.45, 7) is 0. The first kappa shape index (κ1) is 18.0. The van der Waals surface area contributed by atoms with E-state index >= 15 is 0 Å². The summed E-state index contributed by atoms with van der Waals surface area (Å²) in [5.41, 5.74) is 6.46. The third-order valence-electron chi connectivity index (χ3n) is 4.42. The number of anilines is 1. The van der Waals surface area contributed by atoms with Crippen LogP contribution in [0.4, 0.5) is 5.69 Å². The van der Waals surface area contributed by atoms with E-state index in [9.17, 15) is 9.90 Å². The lowest BCUT2D eigenvalue weighted by Crippen LogP contribution is -2.44. The van der Waals surface area contributed by atoms with Crippen LogP contribution in [-0.4, -0.2) is 30.3 Å². The fourth-order valence-electron chi connectivity index (χ4n) is 3.12. The molecule has 1 aliphatic rings. The Labute approximate surface area is 142 Å². The quantitative estimate of drug-likeness (QED) is 0.743. The molecule has 0 bridgehead atoms. The molecule has 6 heteroatoms. The van der Waals surface area contributed by atoms with Gasteiger partial charge in [0.05, 0.1) is 12.8 Å². The summed E-state index contributed by atoms with van der Waals surface area (Å²) in [4.78, 5) is 12.2. The van der Waals surface area contributed by atoms with E-state index in [1.54, 1.807) is 18.2 Å². The lowest BCUT2D eigenvalue weighted by Gasteiger charge is -2.26. The summed E-state index contributed by atoms with van der Waals surface area (Å²) in [7, 11) is 1.50. The summed E-state index contributed by atoms with van der Waals surface area (Å²) in [6, 6.07) is 4.34. The van der Waals surface area contributed by atoms with Gasteiger partial charge in [0.1, 0.15) is 11.9 Å². The van der Waals surface area contributed by atoms with Gasteiger partial charge in [0.15, 0.2) is 0 Å². The van der Waals surface area contributed by atoms with Crippen LogP contribution < -0.4 is 15.8 Å². The van der Waals surface area contributed by atoms with Crippen LogP contribution in [0, 0.1) is 5.92 Å². The Hall–Kier alpha value is -1.30. The Kier molecular flexibility index (Phi) is 6.69. The zero-order valence-corrected chi connectivity index (χ0v) is 14.2. The first-order valence-corrected chi connectivity index (χ1v) is 8.47. The molecule has 0 heterocycles. The van der Waals surface area contributed by atoms with Crippen LogP contribution in [-0.2, 0) is 4.79 Å². The molecular formula is C17H25ClN2O3. The number of benzene rings is 1. The van der Waals surface area contributed by atoms with Crippen molar-refractivity contribution in [1.82, 2.24) is 0 Å². The fraction of sp³-hybridized carbons (Fsp3) is 0.588. The number of halogens is 1. The van der Waals surface area contributed by atoms with Crippen LogP contribution >= 0.6 is 11.6 Å². The first-order chi connectivity index (χ1) is 11.0. The van der Waals surface area contributed by atoms with Crippen molar-refractivity contribution < 1.29 is 14.6 Å². The summed E-state index contributed by atoms with van der Waals surface area (Å²) in [5.74, 6) is 0.451. The number of hydrogen-bond acceptors (Lipinski definition) is 4. The molecule has 2 atom stereocenters. The monoisotopic (exact) mass is 340 g/mol. The number of aliphatic hydroxyl groups excluding tert-OH is 1. The van der Waals surface area contributed by atoms with Gasteiger partial charge in [-0.15, -0.1) is 0 Å². The molecule has 23 heavy (non-hydrogen) atoms. The molecule has 1 aromatic carbocycles. The fourth-order valence-corrected chi connectivity index (χ4v) is 3.29. The van der Waals surface area contributed by atoms with Crippen molar-refractivity contribution in [3.63, 3.8) is 0 Å². The largest absolute Gasteiger partial charge is 0.495 e. The van der Waals surface area contributed by atoms with Crippen molar-refractivity contribution in [3.8, 4) is 5.75 Å². The third kappa shape index (κ3) is 5.09. The predicted octanol–water partition coefficient (Wildman–Crippen LogP) is 2.95. The highest BCUT2D eigenvalue weighted by Gasteiger charge is 2.27. The van der Waals surface area contributed by atoms with Gasteiger partial charge in [-0.25, -0.2) is 0 Å². The van der Waals surface area contributed by atoms with E-state index in [0.29, 0.717) is 28.8 Å². The zero-order valence-electron chi connectivity index (χ0n) is 13.4. The Bertz CT molecular complexity index is 533. The van der Waals surface area contributed by atoms with Gasteiger partial charge in [0.2, 0.25) is 0 Å². The number of nitrogens with two attached hydrogens (primary N) is 1. The van der Waals surface area contributed by atoms with Gasteiger partial charge in [-0.05, 0) is 30.5 Å². The van der Waals surface area contributed by atoms with Gasteiger partial charge in [-0.2, -0.15) is 0 Å². The number of ether oxygens (including phenoxy) is 1. The van der Waals surface area contributed by atoms with Crippen molar-refractivity contribution in [3.05, 3.63) is 23.2 Å². The number of nitrogens with one attached hydrogen (secondary N) is 1. The molecule has 5 nitrogen and oxygen atoms in total. The van der Waals surface area contributed by atoms with Crippen LogP contribution in [0.25, 0.3) is 0 Å². The van der Waals surface area contributed by atoms with E-state index in [2.05, 4.69) is 5.32 Å². The molecular weight excluding hydrogens is 316 g/mol. The molecule has 4 N–H and O–H groups in total. The summed E-state index contributed by atoms with van der Waals surface area (Å²) in [6.07, 6.45) is 5.36. The number of rotatable bonds is 6. The highest BCUT2D eigenvalue weighted by atomic mass is 35.5. The standard InChI is InChI=1S/C17H25ClN2O3/c1-23-15-8-7-12(18)10-14(15)20-17(22)16(21)13(19)9-11-5-3-2-4-6-11/h7-8,10-11,13,16,21H,2-6,9,19H2,1H3,(H,20,22)/t13-,16?/m1/s1. The average molecular weight is 341 g/mol. The first-order valence-electron chi connectivity index (χ1n) is 8.09. The Morgan fingerprint density at radius 2 is 2.13 bits per heavy atom. The molecule has 1 aromatic rings. The van der Waals surface area contributed by atoms with Crippen molar-refractivity contribution >= 4 is 23.2 Å². The minimum atomic E-state index is -1.25. The molecule has 0 radical (unpaired) electrons. The molecule has 1 amide bonds. The second-order valence-electron chi connectivity index (χ2n) is 6.18. The van der Waals surface area contributed by atoms with E-state index in [4.69, 9.17) is 22.1 Å². The van der Waals surface area contributed by atoms with Gasteiger partial charge in [-0.1, -0.05) is 43.7 Å². The number of methoxy groups -OCH3 is 1. The number of carbonyl (C=O) groups excluding carboxylic acids is 1. The smallest absolute Gasteiger partial charge is 0.254 e. The Morgan fingerprint density at radius 1 is 1.43 bits per heavy atom.